The minimum absolute atomic E-state index is 0.0306. The highest BCUT2D eigenvalue weighted by molar-refractivity contribution is 7.94. The molecule has 204 valence electrons. The Bertz CT molecular complexity index is 1430. The molecule has 2 aliphatic heterocycles. The average molecular weight is 555 g/mol. The maximum atomic E-state index is 13.5. The summed E-state index contributed by atoms with van der Waals surface area (Å²) in [6, 6.07) is 6.96. The fourth-order valence-corrected chi connectivity index (χ4v) is 5.67. The number of ether oxygens (including phenoxy) is 1. The molecule has 0 N–H and O–H groups in total. The SMILES string of the molecule is CCOC(=O)C1CN(c2ccc3c(c2)N(C)S(=O)(=O)N3C)C(=O)N(Cc2cccc(C(F)(F)F)c2C)C1=O. The third kappa shape index (κ3) is 4.42. The molecule has 0 bridgehead atoms. The van der Waals surface area contributed by atoms with Gasteiger partial charge in [-0.1, -0.05) is 12.1 Å². The van der Waals surface area contributed by atoms with Crippen molar-refractivity contribution in [2.24, 2.45) is 5.92 Å². The van der Waals surface area contributed by atoms with Crippen LogP contribution >= 0.6 is 0 Å². The fraction of sp³-hybridized carbons (Fsp3) is 0.375. The Kier molecular flexibility index (Phi) is 6.80. The molecule has 0 spiro atoms. The summed E-state index contributed by atoms with van der Waals surface area (Å²) in [5.41, 5.74) is -0.167. The second kappa shape index (κ2) is 9.49. The van der Waals surface area contributed by atoms with Crippen LogP contribution in [-0.2, 0) is 37.3 Å². The summed E-state index contributed by atoms with van der Waals surface area (Å²) in [6.07, 6.45) is -4.64. The molecule has 0 aliphatic carbocycles. The number of hydrogen-bond donors (Lipinski definition) is 0. The molecular weight excluding hydrogens is 529 g/mol. The van der Waals surface area contributed by atoms with E-state index in [4.69, 9.17) is 4.74 Å². The topological polar surface area (TPSA) is 108 Å². The van der Waals surface area contributed by atoms with Gasteiger partial charge in [-0.3, -0.25) is 28.0 Å². The standard InChI is InChI=1S/C24H25F3N4O6S/c1-5-37-22(33)17-13-30(16-9-10-19-20(11-16)29(4)38(35,36)28(19)3)23(34)31(21(17)32)12-15-7-6-8-18(14(15)2)24(25,26)27/h6-11,17H,5,12-13H2,1-4H3. The third-order valence-electron chi connectivity index (χ3n) is 6.68. The van der Waals surface area contributed by atoms with Gasteiger partial charge in [0.2, 0.25) is 5.91 Å². The quantitative estimate of drug-likeness (QED) is 0.415. The van der Waals surface area contributed by atoms with E-state index in [1.165, 1.54) is 51.4 Å². The van der Waals surface area contributed by atoms with E-state index < -0.39 is 52.3 Å². The fourth-order valence-electron chi connectivity index (χ4n) is 4.51. The number of halogens is 3. The van der Waals surface area contributed by atoms with E-state index in [9.17, 15) is 36.0 Å². The molecule has 0 radical (unpaired) electrons. The molecule has 1 fully saturated rings. The number of carbonyl (C=O) groups is 3. The van der Waals surface area contributed by atoms with E-state index in [1.54, 1.807) is 6.92 Å². The van der Waals surface area contributed by atoms with Gasteiger partial charge in [0.05, 0.1) is 36.6 Å². The number of fused-ring (bicyclic) bond motifs is 1. The van der Waals surface area contributed by atoms with Crippen LogP contribution in [0.4, 0.5) is 35.0 Å². The Morgan fingerprint density at radius 1 is 1.08 bits per heavy atom. The minimum Gasteiger partial charge on any atom is -0.465 e. The maximum absolute atomic E-state index is 13.5. The lowest BCUT2D eigenvalue weighted by Gasteiger charge is -2.38. The van der Waals surface area contributed by atoms with E-state index in [-0.39, 0.29) is 35.7 Å². The molecule has 2 aromatic rings. The molecule has 0 aromatic heterocycles. The number of anilines is 3. The lowest BCUT2D eigenvalue weighted by molar-refractivity contribution is -0.154. The van der Waals surface area contributed by atoms with Crippen molar-refractivity contribution in [1.82, 2.24) is 4.90 Å². The number of alkyl halides is 3. The molecular formula is C24H25F3N4O6S. The number of benzene rings is 2. The van der Waals surface area contributed by atoms with Crippen molar-refractivity contribution < 1.29 is 40.7 Å². The molecule has 3 amide bonds. The normalized spacial score (nSPS) is 19.2. The van der Waals surface area contributed by atoms with Crippen LogP contribution in [0, 0.1) is 12.8 Å². The van der Waals surface area contributed by atoms with Crippen LogP contribution in [0.3, 0.4) is 0 Å². The molecule has 1 saturated heterocycles. The lowest BCUT2D eigenvalue weighted by atomic mass is 9.99. The number of carbonyl (C=O) groups excluding carboxylic acids is 3. The first-order chi connectivity index (χ1) is 17.7. The molecule has 1 atom stereocenters. The lowest BCUT2D eigenvalue weighted by Crippen LogP contribution is -2.58. The van der Waals surface area contributed by atoms with Crippen LogP contribution in [0.2, 0.25) is 0 Å². The monoisotopic (exact) mass is 554 g/mol. The Morgan fingerprint density at radius 2 is 1.74 bits per heavy atom. The van der Waals surface area contributed by atoms with Gasteiger partial charge >= 0.3 is 28.4 Å². The zero-order chi connectivity index (χ0) is 28.2. The first kappa shape index (κ1) is 27.2. The summed E-state index contributed by atoms with van der Waals surface area (Å²) in [4.78, 5) is 41.3. The summed E-state index contributed by atoms with van der Waals surface area (Å²) in [5, 5.41) is 0. The van der Waals surface area contributed by atoms with Crippen LogP contribution in [0.25, 0.3) is 0 Å². The van der Waals surface area contributed by atoms with E-state index in [1.807, 2.05) is 0 Å². The molecule has 14 heteroatoms. The molecule has 10 nitrogen and oxygen atoms in total. The second-order valence-electron chi connectivity index (χ2n) is 8.83. The Labute approximate surface area is 217 Å². The van der Waals surface area contributed by atoms with Crippen LogP contribution in [-0.4, -0.2) is 58.5 Å². The van der Waals surface area contributed by atoms with Crippen LogP contribution < -0.4 is 13.5 Å². The van der Waals surface area contributed by atoms with Crippen LogP contribution in [0.5, 0.6) is 0 Å². The third-order valence-corrected chi connectivity index (χ3v) is 8.46. The van der Waals surface area contributed by atoms with Crippen molar-refractivity contribution >= 4 is 45.2 Å². The van der Waals surface area contributed by atoms with Gasteiger partial charge in [0.25, 0.3) is 0 Å². The number of hydrogen-bond acceptors (Lipinski definition) is 6. The van der Waals surface area contributed by atoms with E-state index in [2.05, 4.69) is 0 Å². The van der Waals surface area contributed by atoms with Crippen LogP contribution in [0.15, 0.2) is 36.4 Å². The summed E-state index contributed by atoms with van der Waals surface area (Å²) in [6.45, 7) is 1.86. The van der Waals surface area contributed by atoms with E-state index in [0.29, 0.717) is 10.6 Å². The number of nitrogens with zero attached hydrogens (tertiary/aromatic N) is 4. The van der Waals surface area contributed by atoms with Gasteiger partial charge in [0, 0.05) is 19.8 Å². The van der Waals surface area contributed by atoms with Crippen molar-refractivity contribution in [3.8, 4) is 0 Å². The summed E-state index contributed by atoms with van der Waals surface area (Å²) < 4.78 is 72.5. The highest BCUT2D eigenvalue weighted by atomic mass is 32.2. The predicted molar refractivity (Wildman–Crippen MR) is 132 cm³/mol. The summed E-state index contributed by atoms with van der Waals surface area (Å²) in [7, 11) is -1.09. The number of amides is 3. The van der Waals surface area contributed by atoms with Crippen molar-refractivity contribution in [2.75, 3.05) is 40.8 Å². The predicted octanol–water partition coefficient (Wildman–Crippen LogP) is 3.29. The number of esters is 1. The van der Waals surface area contributed by atoms with Gasteiger partial charge in [0.1, 0.15) is 0 Å². The average Bonchev–Trinajstić information content (AvgIpc) is 3.01. The molecule has 38 heavy (non-hydrogen) atoms. The highest BCUT2D eigenvalue weighted by Crippen LogP contribution is 2.42. The second-order valence-corrected chi connectivity index (χ2v) is 10.8. The smallest absolute Gasteiger partial charge is 0.416 e. The number of urea groups is 1. The minimum atomic E-state index is -4.64. The molecule has 0 saturated carbocycles. The largest absolute Gasteiger partial charge is 0.465 e. The molecule has 2 heterocycles. The van der Waals surface area contributed by atoms with Gasteiger partial charge in [-0.15, -0.1) is 0 Å². The van der Waals surface area contributed by atoms with Crippen molar-refractivity contribution in [1.29, 1.82) is 0 Å². The van der Waals surface area contributed by atoms with Crippen molar-refractivity contribution in [3.63, 3.8) is 0 Å². The van der Waals surface area contributed by atoms with Gasteiger partial charge in [-0.25, -0.2) is 4.79 Å². The Hall–Kier alpha value is -3.81. The van der Waals surface area contributed by atoms with E-state index >= 15 is 0 Å². The molecule has 4 rings (SSSR count). The highest BCUT2D eigenvalue weighted by Gasteiger charge is 2.45. The Morgan fingerprint density at radius 3 is 2.37 bits per heavy atom. The zero-order valence-corrected chi connectivity index (χ0v) is 21.8. The summed E-state index contributed by atoms with van der Waals surface area (Å²) in [5.74, 6) is -3.22. The molecule has 2 aliphatic rings. The first-order valence-corrected chi connectivity index (χ1v) is 12.9. The van der Waals surface area contributed by atoms with Crippen molar-refractivity contribution in [2.45, 2.75) is 26.6 Å². The van der Waals surface area contributed by atoms with Gasteiger partial charge in [-0.05, 0) is 49.2 Å². The zero-order valence-electron chi connectivity index (χ0n) is 20.9. The molecule has 2 aromatic carbocycles. The molecule has 1 unspecified atom stereocenters. The summed E-state index contributed by atoms with van der Waals surface area (Å²) >= 11 is 0. The van der Waals surface area contributed by atoms with Gasteiger partial charge < -0.3 is 4.74 Å². The van der Waals surface area contributed by atoms with Crippen LogP contribution in [0.1, 0.15) is 23.6 Å². The number of imide groups is 1. The number of rotatable bonds is 5. The first-order valence-electron chi connectivity index (χ1n) is 11.5. The van der Waals surface area contributed by atoms with E-state index in [0.717, 1.165) is 19.6 Å². The Balaban J connectivity index is 1.76. The van der Waals surface area contributed by atoms with Gasteiger partial charge in [-0.2, -0.15) is 21.6 Å². The van der Waals surface area contributed by atoms with Crippen molar-refractivity contribution in [3.05, 3.63) is 53.1 Å². The maximum Gasteiger partial charge on any atom is 0.416 e. The van der Waals surface area contributed by atoms with Gasteiger partial charge in [0.15, 0.2) is 5.92 Å².